The molecule has 2 N–H and O–H groups in total. The molecule has 35 heavy (non-hydrogen) atoms. The minimum atomic E-state index is -1.21. The van der Waals surface area contributed by atoms with Crippen molar-refractivity contribution >= 4 is 18.0 Å². The van der Waals surface area contributed by atoms with Gasteiger partial charge in [-0.2, -0.15) is 0 Å². The lowest BCUT2D eigenvalue weighted by Gasteiger charge is -2.33. The molecular formula is C27H32N2O6. The summed E-state index contributed by atoms with van der Waals surface area (Å²) in [5, 5.41) is 12.3. The first-order valence-electron chi connectivity index (χ1n) is 11.8. The number of carbonyl (C=O) groups is 3. The molecule has 2 amide bonds. The highest BCUT2D eigenvalue weighted by atomic mass is 16.5. The number of methoxy groups -OCH3 is 1. The van der Waals surface area contributed by atoms with E-state index in [2.05, 4.69) is 17.4 Å². The Hall–Kier alpha value is -3.39. The van der Waals surface area contributed by atoms with Crippen LogP contribution in [0.2, 0.25) is 0 Å². The van der Waals surface area contributed by atoms with Crippen LogP contribution in [-0.4, -0.2) is 65.9 Å². The van der Waals surface area contributed by atoms with Gasteiger partial charge in [0.2, 0.25) is 5.91 Å². The molecule has 1 saturated carbocycles. The first-order chi connectivity index (χ1) is 16.6. The van der Waals surface area contributed by atoms with Gasteiger partial charge in [-0.3, -0.25) is 4.79 Å². The second kappa shape index (κ2) is 9.34. The van der Waals surface area contributed by atoms with Crippen molar-refractivity contribution in [2.75, 3.05) is 20.8 Å². The van der Waals surface area contributed by atoms with Gasteiger partial charge in [-0.05, 0) is 48.9 Å². The predicted molar refractivity (Wildman–Crippen MR) is 130 cm³/mol. The normalized spacial score (nSPS) is 16.6. The predicted octanol–water partition coefficient (Wildman–Crippen LogP) is 3.78. The maximum absolute atomic E-state index is 13.3. The summed E-state index contributed by atoms with van der Waals surface area (Å²) in [6.45, 7) is 3.72. The van der Waals surface area contributed by atoms with Gasteiger partial charge in [-0.15, -0.1) is 0 Å². The molecule has 2 aliphatic carbocycles. The number of alkyl carbamates (subject to hydrolysis) is 1. The average molecular weight is 481 g/mol. The number of likely N-dealkylation sites (N-methyl/N-ethyl adjacent to an activating group) is 1. The van der Waals surface area contributed by atoms with Gasteiger partial charge in [0.25, 0.3) is 0 Å². The molecule has 0 bridgehead atoms. The van der Waals surface area contributed by atoms with Crippen LogP contribution in [0.25, 0.3) is 11.1 Å². The van der Waals surface area contributed by atoms with Crippen molar-refractivity contribution in [1.29, 1.82) is 0 Å². The molecule has 0 saturated heterocycles. The minimum Gasteiger partial charge on any atom is -0.479 e. The van der Waals surface area contributed by atoms with Crippen molar-refractivity contribution in [3.8, 4) is 11.1 Å². The fraction of sp³-hybridized carbons (Fsp3) is 0.444. The van der Waals surface area contributed by atoms with Crippen LogP contribution in [0.5, 0.6) is 0 Å². The van der Waals surface area contributed by atoms with E-state index in [9.17, 15) is 19.5 Å². The number of nitrogens with zero attached hydrogens (tertiary/aromatic N) is 1. The van der Waals surface area contributed by atoms with Gasteiger partial charge < -0.3 is 24.8 Å². The van der Waals surface area contributed by atoms with Crippen molar-refractivity contribution in [3.05, 3.63) is 59.7 Å². The Labute approximate surface area is 205 Å². The number of carboxylic acids is 1. The molecule has 0 spiro atoms. The van der Waals surface area contributed by atoms with Crippen LogP contribution < -0.4 is 5.32 Å². The number of hydrogen-bond donors (Lipinski definition) is 2. The van der Waals surface area contributed by atoms with Gasteiger partial charge in [0, 0.05) is 26.5 Å². The quantitative estimate of drug-likeness (QED) is 0.566. The molecule has 4 rings (SSSR count). The first-order valence-corrected chi connectivity index (χ1v) is 11.8. The molecular weight excluding hydrogens is 448 g/mol. The second-order valence-corrected chi connectivity index (χ2v) is 9.92. The van der Waals surface area contributed by atoms with Crippen LogP contribution in [0, 0.1) is 0 Å². The van der Waals surface area contributed by atoms with Crippen LogP contribution in [-0.2, 0) is 19.1 Å². The zero-order valence-corrected chi connectivity index (χ0v) is 20.5. The maximum atomic E-state index is 13.3. The van der Waals surface area contributed by atoms with E-state index in [4.69, 9.17) is 9.47 Å². The number of hydrogen-bond acceptors (Lipinski definition) is 5. The molecule has 1 atom stereocenters. The maximum Gasteiger partial charge on any atom is 0.407 e. The zero-order valence-electron chi connectivity index (χ0n) is 20.5. The Kier molecular flexibility index (Phi) is 6.60. The standard InChI is InChI=1S/C27H32N2O6/c1-26(2,34-4)15-22(23(30)29(3)27(13-14-27)24(31)32)28-25(33)35-16-21-19-11-7-5-9-17(19)18-10-6-8-12-20(18)21/h5-12,21-22H,13-16H2,1-4H3,(H,28,33)(H,31,32). The summed E-state index contributed by atoms with van der Waals surface area (Å²) in [4.78, 5) is 39.1. The SMILES string of the molecule is COC(C)(C)CC(NC(=O)OCC1c2ccccc2-c2ccccc21)C(=O)N(C)C1(C(=O)O)CC1. The van der Waals surface area contributed by atoms with Gasteiger partial charge >= 0.3 is 12.1 Å². The number of fused-ring (bicyclic) bond motifs is 3. The van der Waals surface area contributed by atoms with E-state index in [0.29, 0.717) is 12.8 Å². The molecule has 0 heterocycles. The Morgan fingerprint density at radius 2 is 1.63 bits per heavy atom. The topological polar surface area (TPSA) is 105 Å². The van der Waals surface area contributed by atoms with Gasteiger partial charge in [0.15, 0.2) is 0 Å². The number of amides is 2. The monoisotopic (exact) mass is 480 g/mol. The van der Waals surface area contributed by atoms with Gasteiger partial charge in [-0.1, -0.05) is 48.5 Å². The third-order valence-corrected chi connectivity index (χ3v) is 7.28. The highest BCUT2D eigenvalue weighted by Gasteiger charge is 2.56. The van der Waals surface area contributed by atoms with E-state index in [1.165, 1.54) is 19.1 Å². The molecule has 2 aromatic rings. The number of nitrogens with one attached hydrogen (secondary N) is 1. The summed E-state index contributed by atoms with van der Waals surface area (Å²) >= 11 is 0. The van der Waals surface area contributed by atoms with Crippen molar-refractivity contribution in [3.63, 3.8) is 0 Å². The number of rotatable bonds is 9. The molecule has 2 aliphatic rings. The van der Waals surface area contributed by atoms with E-state index >= 15 is 0 Å². The smallest absolute Gasteiger partial charge is 0.407 e. The van der Waals surface area contributed by atoms with Crippen molar-refractivity contribution in [2.24, 2.45) is 0 Å². The van der Waals surface area contributed by atoms with Crippen LogP contribution in [0.3, 0.4) is 0 Å². The molecule has 1 unspecified atom stereocenters. The zero-order chi connectivity index (χ0) is 25.4. The van der Waals surface area contributed by atoms with Crippen molar-refractivity contribution < 1.29 is 29.0 Å². The van der Waals surface area contributed by atoms with Crippen LogP contribution in [0.1, 0.15) is 50.2 Å². The van der Waals surface area contributed by atoms with Crippen LogP contribution >= 0.6 is 0 Å². The highest BCUT2D eigenvalue weighted by Crippen LogP contribution is 2.44. The third kappa shape index (κ3) is 4.75. The molecule has 2 aromatic carbocycles. The van der Waals surface area contributed by atoms with E-state index in [1.807, 2.05) is 36.4 Å². The average Bonchev–Trinajstić information content (AvgIpc) is 3.60. The molecule has 8 heteroatoms. The Morgan fingerprint density at radius 1 is 1.09 bits per heavy atom. The van der Waals surface area contributed by atoms with Crippen LogP contribution in [0.4, 0.5) is 4.79 Å². The second-order valence-electron chi connectivity index (χ2n) is 9.92. The highest BCUT2D eigenvalue weighted by molar-refractivity contribution is 5.93. The summed E-state index contributed by atoms with van der Waals surface area (Å²) in [6.07, 6.45) is 0.198. The van der Waals surface area contributed by atoms with E-state index in [0.717, 1.165) is 22.3 Å². The molecule has 0 aromatic heterocycles. The minimum absolute atomic E-state index is 0.109. The lowest BCUT2D eigenvalue weighted by atomic mass is 9.97. The lowest BCUT2D eigenvalue weighted by Crippen LogP contribution is -2.55. The molecule has 186 valence electrons. The first kappa shape index (κ1) is 24.7. The molecule has 0 aliphatic heterocycles. The number of carboxylic acid groups (broad SMARTS) is 1. The summed E-state index contributed by atoms with van der Waals surface area (Å²) < 4.78 is 11.1. The van der Waals surface area contributed by atoms with Gasteiger partial charge in [-0.25, -0.2) is 9.59 Å². The Balaban J connectivity index is 1.48. The van der Waals surface area contributed by atoms with Crippen molar-refractivity contribution in [1.82, 2.24) is 10.2 Å². The van der Waals surface area contributed by atoms with E-state index in [1.54, 1.807) is 13.8 Å². The van der Waals surface area contributed by atoms with Crippen molar-refractivity contribution in [2.45, 2.75) is 56.2 Å². The summed E-state index contributed by atoms with van der Waals surface area (Å²) in [5.74, 6) is -1.63. The third-order valence-electron chi connectivity index (χ3n) is 7.28. The number of carbonyl (C=O) groups excluding carboxylic acids is 2. The summed E-state index contributed by atoms with van der Waals surface area (Å²) in [5.41, 5.74) is 2.49. The van der Waals surface area contributed by atoms with E-state index < -0.39 is 35.2 Å². The van der Waals surface area contributed by atoms with Crippen LogP contribution in [0.15, 0.2) is 48.5 Å². The Morgan fingerprint density at radius 3 is 2.11 bits per heavy atom. The number of aliphatic carboxylic acids is 1. The van der Waals surface area contributed by atoms with E-state index in [-0.39, 0.29) is 18.9 Å². The number of ether oxygens (including phenoxy) is 2. The van der Waals surface area contributed by atoms with Gasteiger partial charge in [0.05, 0.1) is 5.60 Å². The molecule has 8 nitrogen and oxygen atoms in total. The fourth-order valence-corrected chi connectivity index (χ4v) is 4.81. The summed E-state index contributed by atoms with van der Waals surface area (Å²) in [6, 6.07) is 15.1. The Bertz CT molecular complexity index is 1090. The fourth-order valence-electron chi connectivity index (χ4n) is 4.81. The lowest BCUT2D eigenvalue weighted by molar-refractivity contribution is -0.152. The largest absolute Gasteiger partial charge is 0.479 e. The number of benzene rings is 2. The van der Waals surface area contributed by atoms with Gasteiger partial charge in [0.1, 0.15) is 18.2 Å². The molecule has 0 radical (unpaired) electrons. The molecule has 1 fully saturated rings. The summed E-state index contributed by atoms with van der Waals surface area (Å²) in [7, 11) is 2.99.